The fourth-order valence-electron chi connectivity index (χ4n) is 1.40. The van der Waals surface area contributed by atoms with Crippen LogP contribution in [0, 0.1) is 0 Å². The van der Waals surface area contributed by atoms with E-state index in [9.17, 15) is 4.79 Å². The third kappa shape index (κ3) is 3.05. The zero-order valence-electron chi connectivity index (χ0n) is 8.76. The summed E-state index contributed by atoms with van der Waals surface area (Å²) in [5, 5.41) is 8.55. The van der Waals surface area contributed by atoms with Gasteiger partial charge in [0.1, 0.15) is 0 Å². The second kappa shape index (κ2) is 5.29. The van der Waals surface area contributed by atoms with Crippen LogP contribution in [-0.4, -0.2) is 11.1 Å². The average molecular weight is 309 g/mol. The smallest absolute Gasteiger partial charge is 0.328 e. The van der Waals surface area contributed by atoms with Crippen molar-refractivity contribution in [1.82, 2.24) is 0 Å². The van der Waals surface area contributed by atoms with E-state index in [-0.39, 0.29) is 0 Å². The van der Waals surface area contributed by atoms with Gasteiger partial charge in [0.05, 0.1) is 0 Å². The Kier molecular flexibility index (Phi) is 3.76. The van der Waals surface area contributed by atoms with Crippen molar-refractivity contribution in [1.29, 1.82) is 0 Å². The Labute approximate surface area is 111 Å². The van der Waals surface area contributed by atoms with Gasteiger partial charge in [0, 0.05) is 25.9 Å². The maximum atomic E-state index is 10.4. The molecule has 17 heavy (non-hydrogen) atoms. The first-order valence-electron chi connectivity index (χ1n) is 4.92. The van der Waals surface area contributed by atoms with Crippen LogP contribution in [0.15, 0.2) is 46.9 Å². The number of halogens is 1. The summed E-state index contributed by atoms with van der Waals surface area (Å²) in [5.74, 6) is -0.930. The lowest BCUT2D eigenvalue weighted by atomic mass is 10.2. The highest BCUT2D eigenvalue weighted by molar-refractivity contribution is 9.10. The molecule has 0 atom stereocenters. The molecular formula is C13H9BrO2S. The zero-order valence-corrected chi connectivity index (χ0v) is 11.2. The van der Waals surface area contributed by atoms with E-state index in [4.69, 9.17) is 5.11 Å². The van der Waals surface area contributed by atoms with Crippen LogP contribution in [-0.2, 0) is 4.79 Å². The van der Waals surface area contributed by atoms with Gasteiger partial charge in [0.2, 0.25) is 0 Å². The maximum Gasteiger partial charge on any atom is 0.328 e. The Hall–Kier alpha value is -1.39. The first-order chi connectivity index (χ1) is 8.16. The maximum absolute atomic E-state index is 10.4. The molecular weight excluding hydrogens is 300 g/mol. The first kappa shape index (κ1) is 12.1. The summed E-state index contributed by atoms with van der Waals surface area (Å²) in [6.45, 7) is 0. The van der Waals surface area contributed by atoms with Crippen molar-refractivity contribution in [2.75, 3.05) is 0 Å². The summed E-state index contributed by atoms with van der Waals surface area (Å²) in [4.78, 5) is 12.5. The molecule has 4 heteroatoms. The number of aliphatic carboxylic acids is 1. The van der Waals surface area contributed by atoms with E-state index >= 15 is 0 Å². The minimum atomic E-state index is -0.930. The Morgan fingerprint density at radius 2 is 2.00 bits per heavy atom. The number of rotatable bonds is 3. The fourth-order valence-corrected chi connectivity index (χ4v) is 2.98. The Balaban J connectivity index is 2.30. The number of benzene rings is 1. The van der Waals surface area contributed by atoms with Gasteiger partial charge in [-0.05, 0) is 24.3 Å². The van der Waals surface area contributed by atoms with Crippen molar-refractivity contribution in [2.24, 2.45) is 0 Å². The van der Waals surface area contributed by atoms with Crippen LogP contribution in [0.25, 0.3) is 16.5 Å². The number of carbonyl (C=O) groups is 1. The Morgan fingerprint density at radius 3 is 2.71 bits per heavy atom. The monoisotopic (exact) mass is 308 g/mol. The minimum Gasteiger partial charge on any atom is -0.478 e. The molecule has 2 nitrogen and oxygen atoms in total. The van der Waals surface area contributed by atoms with Crippen LogP contribution in [0.1, 0.15) is 4.88 Å². The minimum absolute atomic E-state index is 0.929. The zero-order chi connectivity index (χ0) is 12.3. The molecule has 2 rings (SSSR count). The van der Waals surface area contributed by atoms with Crippen LogP contribution in [0.4, 0.5) is 0 Å². The van der Waals surface area contributed by atoms with E-state index in [2.05, 4.69) is 15.9 Å². The van der Waals surface area contributed by atoms with Gasteiger partial charge in [-0.2, -0.15) is 0 Å². The highest BCUT2D eigenvalue weighted by atomic mass is 79.9. The van der Waals surface area contributed by atoms with E-state index in [0.717, 1.165) is 25.9 Å². The molecule has 0 radical (unpaired) electrons. The molecule has 0 unspecified atom stereocenters. The topological polar surface area (TPSA) is 37.3 Å². The first-order valence-corrected chi connectivity index (χ1v) is 6.53. The molecule has 1 heterocycles. The summed E-state index contributed by atoms with van der Waals surface area (Å²) in [6.07, 6.45) is 2.75. The Bertz CT molecular complexity index is 572. The molecule has 0 aliphatic heterocycles. The largest absolute Gasteiger partial charge is 0.478 e. The van der Waals surface area contributed by atoms with Gasteiger partial charge in [-0.1, -0.05) is 34.1 Å². The van der Waals surface area contributed by atoms with Crippen LogP contribution in [0.3, 0.4) is 0 Å². The molecule has 0 aliphatic rings. The van der Waals surface area contributed by atoms with Gasteiger partial charge in [0.25, 0.3) is 0 Å². The SMILES string of the molecule is O=C(O)/C=C/c1ccc(-c2ccccc2Br)s1. The van der Waals surface area contributed by atoms with E-state index < -0.39 is 5.97 Å². The summed E-state index contributed by atoms with van der Waals surface area (Å²) >= 11 is 5.06. The summed E-state index contributed by atoms with van der Waals surface area (Å²) in [6, 6.07) is 11.9. The van der Waals surface area contributed by atoms with E-state index in [0.29, 0.717) is 0 Å². The standard InChI is InChI=1S/C13H9BrO2S/c14-11-4-2-1-3-10(11)12-7-5-9(17-12)6-8-13(15)16/h1-8H,(H,15,16)/b8-6+. The number of hydrogen-bond donors (Lipinski definition) is 1. The highest BCUT2D eigenvalue weighted by Gasteiger charge is 2.04. The molecule has 2 aromatic rings. The fraction of sp³-hybridized carbons (Fsp3) is 0. The number of hydrogen-bond acceptors (Lipinski definition) is 2. The van der Waals surface area contributed by atoms with Crippen LogP contribution in [0.2, 0.25) is 0 Å². The predicted molar refractivity (Wildman–Crippen MR) is 74.1 cm³/mol. The number of thiophene rings is 1. The van der Waals surface area contributed by atoms with Crippen molar-refractivity contribution in [2.45, 2.75) is 0 Å². The highest BCUT2D eigenvalue weighted by Crippen LogP contribution is 2.33. The van der Waals surface area contributed by atoms with Gasteiger partial charge in [-0.25, -0.2) is 4.79 Å². The molecule has 1 N–H and O–H groups in total. The van der Waals surface area contributed by atoms with Gasteiger partial charge in [-0.3, -0.25) is 0 Å². The summed E-state index contributed by atoms with van der Waals surface area (Å²) < 4.78 is 1.04. The normalized spacial score (nSPS) is 10.9. The molecule has 1 aromatic heterocycles. The molecule has 1 aromatic carbocycles. The number of carboxylic acids is 1. The van der Waals surface area contributed by atoms with E-state index in [1.54, 1.807) is 17.4 Å². The molecule has 0 fully saturated rings. The van der Waals surface area contributed by atoms with Crippen LogP contribution >= 0.6 is 27.3 Å². The lowest BCUT2D eigenvalue weighted by Crippen LogP contribution is -1.84. The van der Waals surface area contributed by atoms with E-state index in [1.807, 2.05) is 36.4 Å². The lowest BCUT2D eigenvalue weighted by molar-refractivity contribution is -0.131. The van der Waals surface area contributed by atoms with Crippen LogP contribution in [0.5, 0.6) is 0 Å². The predicted octanol–water partition coefficient (Wildman–Crippen LogP) is 4.28. The summed E-state index contributed by atoms with van der Waals surface area (Å²) in [5.41, 5.74) is 1.12. The third-order valence-electron chi connectivity index (χ3n) is 2.16. The quantitative estimate of drug-likeness (QED) is 0.860. The molecule has 0 saturated heterocycles. The van der Waals surface area contributed by atoms with E-state index in [1.165, 1.54) is 0 Å². The molecule has 86 valence electrons. The Morgan fingerprint density at radius 1 is 1.24 bits per heavy atom. The second-order valence-electron chi connectivity index (χ2n) is 3.35. The lowest BCUT2D eigenvalue weighted by Gasteiger charge is -1.99. The van der Waals surface area contributed by atoms with Crippen molar-refractivity contribution < 1.29 is 9.90 Å². The molecule has 0 amide bonds. The van der Waals surface area contributed by atoms with Crippen molar-refractivity contribution in [3.63, 3.8) is 0 Å². The summed E-state index contributed by atoms with van der Waals surface area (Å²) in [7, 11) is 0. The second-order valence-corrected chi connectivity index (χ2v) is 5.32. The number of carboxylic acid groups (broad SMARTS) is 1. The van der Waals surface area contributed by atoms with Crippen molar-refractivity contribution >= 4 is 39.3 Å². The molecule has 0 spiro atoms. The van der Waals surface area contributed by atoms with Crippen molar-refractivity contribution in [3.05, 3.63) is 51.8 Å². The van der Waals surface area contributed by atoms with Crippen molar-refractivity contribution in [3.8, 4) is 10.4 Å². The van der Waals surface area contributed by atoms with Gasteiger partial charge < -0.3 is 5.11 Å². The van der Waals surface area contributed by atoms with Crippen LogP contribution < -0.4 is 0 Å². The molecule has 0 bridgehead atoms. The third-order valence-corrected chi connectivity index (χ3v) is 3.93. The van der Waals surface area contributed by atoms with Gasteiger partial charge >= 0.3 is 5.97 Å². The van der Waals surface area contributed by atoms with Gasteiger partial charge in [0.15, 0.2) is 0 Å². The average Bonchev–Trinajstić information content (AvgIpc) is 2.75. The van der Waals surface area contributed by atoms with Gasteiger partial charge in [-0.15, -0.1) is 11.3 Å². The molecule has 0 saturated carbocycles. The molecule has 0 aliphatic carbocycles.